The lowest BCUT2D eigenvalue weighted by molar-refractivity contribution is -0.133. The molecule has 3 amide bonds. The Bertz CT molecular complexity index is 1550. The molecule has 2 aromatic carbocycles. The van der Waals surface area contributed by atoms with Crippen molar-refractivity contribution in [2.24, 2.45) is 0 Å². The van der Waals surface area contributed by atoms with Gasteiger partial charge in [0.15, 0.2) is 0 Å². The average molecular weight is 578 g/mol. The standard InChI is InChI=1S/C30H26ClF2N5O3/c1-18-5-4-6-21(13-18)37(29(41)24-9-10-26(39)38(24)25-14-19(17-34)11-12-35-25)27(22-7-2-3-8-23(22)31)28(40)36-20-15-30(32,33)16-20/h2-8,11-14,20,24,27H,9-10,15-16H2,1H3,(H,36,40). The first kappa shape index (κ1) is 28.2. The molecule has 11 heteroatoms. The van der Waals surface area contributed by atoms with E-state index in [0.717, 1.165) is 5.56 Å². The molecule has 5 rings (SSSR count). The molecule has 2 fully saturated rings. The monoisotopic (exact) mass is 577 g/mol. The number of alkyl halides is 2. The van der Waals surface area contributed by atoms with Crippen LogP contribution in [0.5, 0.6) is 0 Å². The van der Waals surface area contributed by atoms with E-state index in [0.29, 0.717) is 11.3 Å². The molecule has 2 heterocycles. The third kappa shape index (κ3) is 5.77. The summed E-state index contributed by atoms with van der Waals surface area (Å²) < 4.78 is 27.2. The molecular weight excluding hydrogens is 552 g/mol. The lowest BCUT2D eigenvalue weighted by atomic mass is 9.87. The van der Waals surface area contributed by atoms with E-state index in [-0.39, 0.29) is 35.2 Å². The molecule has 1 aliphatic carbocycles. The van der Waals surface area contributed by atoms with Gasteiger partial charge in [-0.05, 0) is 49.2 Å². The maximum Gasteiger partial charge on any atom is 0.252 e. The Balaban J connectivity index is 1.61. The van der Waals surface area contributed by atoms with Crippen LogP contribution in [0.2, 0.25) is 5.02 Å². The summed E-state index contributed by atoms with van der Waals surface area (Å²) in [7, 11) is 0. The zero-order valence-electron chi connectivity index (χ0n) is 22.1. The number of carbonyl (C=O) groups excluding carboxylic acids is 3. The summed E-state index contributed by atoms with van der Waals surface area (Å²) >= 11 is 6.56. The summed E-state index contributed by atoms with van der Waals surface area (Å²) in [5.74, 6) is -4.33. The molecule has 0 bridgehead atoms. The van der Waals surface area contributed by atoms with Crippen molar-refractivity contribution in [3.63, 3.8) is 0 Å². The van der Waals surface area contributed by atoms with Gasteiger partial charge in [0.25, 0.3) is 11.8 Å². The molecule has 8 nitrogen and oxygen atoms in total. The van der Waals surface area contributed by atoms with Gasteiger partial charge in [-0.25, -0.2) is 13.8 Å². The van der Waals surface area contributed by atoms with Crippen molar-refractivity contribution in [1.29, 1.82) is 5.26 Å². The highest BCUT2D eigenvalue weighted by Gasteiger charge is 2.48. The largest absolute Gasteiger partial charge is 0.351 e. The molecule has 2 aliphatic rings. The van der Waals surface area contributed by atoms with E-state index in [1.165, 1.54) is 28.1 Å². The zero-order chi connectivity index (χ0) is 29.3. The van der Waals surface area contributed by atoms with E-state index in [9.17, 15) is 28.4 Å². The highest BCUT2D eigenvalue weighted by atomic mass is 35.5. The van der Waals surface area contributed by atoms with Gasteiger partial charge < -0.3 is 5.32 Å². The Morgan fingerprint density at radius 1 is 1.17 bits per heavy atom. The fourth-order valence-corrected chi connectivity index (χ4v) is 5.54. The Morgan fingerprint density at radius 2 is 1.93 bits per heavy atom. The van der Waals surface area contributed by atoms with Gasteiger partial charge in [-0.15, -0.1) is 0 Å². The Labute approximate surface area is 240 Å². The molecule has 41 heavy (non-hydrogen) atoms. The van der Waals surface area contributed by atoms with Crippen molar-refractivity contribution in [1.82, 2.24) is 10.3 Å². The fraction of sp³-hybridized carbons (Fsp3) is 0.300. The second kappa shape index (κ2) is 11.3. The quantitative estimate of drug-likeness (QED) is 0.420. The summed E-state index contributed by atoms with van der Waals surface area (Å²) in [6, 6.07) is 15.3. The second-order valence-electron chi connectivity index (χ2n) is 10.3. The summed E-state index contributed by atoms with van der Waals surface area (Å²) in [5.41, 5.74) is 1.74. The lowest BCUT2D eigenvalue weighted by Crippen LogP contribution is -2.56. The van der Waals surface area contributed by atoms with Crippen LogP contribution in [0.4, 0.5) is 20.3 Å². The summed E-state index contributed by atoms with van der Waals surface area (Å²) in [6.45, 7) is 1.83. The number of hydrogen-bond donors (Lipinski definition) is 1. The van der Waals surface area contributed by atoms with Crippen LogP contribution < -0.4 is 15.1 Å². The summed E-state index contributed by atoms with van der Waals surface area (Å²) in [6.07, 6.45) is 0.574. The molecule has 1 aliphatic heterocycles. The van der Waals surface area contributed by atoms with Crippen LogP contribution in [0.15, 0.2) is 66.9 Å². The molecule has 1 aromatic heterocycles. The van der Waals surface area contributed by atoms with Crippen LogP contribution in [0.1, 0.15) is 48.4 Å². The topological polar surface area (TPSA) is 106 Å². The molecule has 1 saturated carbocycles. The van der Waals surface area contributed by atoms with E-state index in [1.54, 1.807) is 42.5 Å². The predicted octanol–water partition coefficient (Wildman–Crippen LogP) is 5.10. The zero-order valence-corrected chi connectivity index (χ0v) is 22.8. The molecule has 1 N–H and O–H groups in total. The molecular formula is C30H26ClF2N5O3. The van der Waals surface area contributed by atoms with Crippen LogP contribution in [0, 0.1) is 18.3 Å². The first-order valence-corrected chi connectivity index (χ1v) is 13.5. The van der Waals surface area contributed by atoms with Gasteiger partial charge in [0, 0.05) is 47.8 Å². The van der Waals surface area contributed by atoms with Crippen molar-refractivity contribution in [2.75, 3.05) is 9.80 Å². The number of pyridine rings is 1. The third-order valence-corrected chi connectivity index (χ3v) is 7.62. The number of hydrogen-bond acceptors (Lipinski definition) is 5. The van der Waals surface area contributed by atoms with Crippen molar-refractivity contribution in [3.8, 4) is 6.07 Å². The minimum absolute atomic E-state index is 0.0522. The number of aromatic nitrogens is 1. The third-order valence-electron chi connectivity index (χ3n) is 7.28. The number of carbonyl (C=O) groups is 3. The summed E-state index contributed by atoms with van der Waals surface area (Å²) in [4.78, 5) is 48.2. The molecule has 210 valence electrons. The minimum atomic E-state index is -2.86. The van der Waals surface area contributed by atoms with Crippen molar-refractivity contribution in [3.05, 3.63) is 88.6 Å². The van der Waals surface area contributed by atoms with Crippen LogP contribution in [-0.2, 0) is 14.4 Å². The van der Waals surface area contributed by atoms with Crippen LogP contribution in [0.25, 0.3) is 0 Å². The predicted molar refractivity (Wildman–Crippen MR) is 148 cm³/mol. The number of benzene rings is 2. The Hall–Kier alpha value is -4.36. The van der Waals surface area contributed by atoms with Crippen molar-refractivity contribution >= 4 is 40.8 Å². The van der Waals surface area contributed by atoms with E-state index in [1.807, 2.05) is 19.1 Å². The van der Waals surface area contributed by atoms with Gasteiger partial charge in [0.2, 0.25) is 11.8 Å². The van der Waals surface area contributed by atoms with Gasteiger partial charge in [-0.1, -0.05) is 41.9 Å². The number of nitrogens with one attached hydrogen (secondary N) is 1. The van der Waals surface area contributed by atoms with E-state index in [4.69, 9.17) is 11.6 Å². The average Bonchev–Trinajstić information content (AvgIpc) is 3.32. The van der Waals surface area contributed by atoms with Crippen molar-refractivity contribution < 1.29 is 23.2 Å². The Morgan fingerprint density at radius 3 is 2.61 bits per heavy atom. The van der Waals surface area contributed by atoms with Gasteiger partial charge in [0.05, 0.1) is 11.6 Å². The summed E-state index contributed by atoms with van der Waals surface area (Å²) in [5, 5.41) is 12.2. The first-order valence-electron chi connectivity index (χ1n) is 13.1. The lowest BCUT2D eigenvalue weighted by Gasteiger charge is -2.39. The van der Waals surface area contributed by atoms with Crippen LogP contribution in [-0.4, -0.2) is 40.7 Å². The fourth-order valence-electron chi connectivity index (χ4n) is 5.30. The highest BCUT2D eigenvalue weighted by Crippen LogP contribution is 2.40. The number of anilines is 2. The smallest absolute Gasteiger partial charge is 0.252 e. The van der Waals surface area contributed by atoms with E-state index < -0.39 is 48.7 Å². The first-order chi connectivity index (χ1) is 19.6. The number of rotatable bonds is 7. The number of amides is 3. The Kier molecular flexibility index (Phi) is 7.74. The van der Waals surface area contributed by atoms with Crippen molar-refractivity contribution in [2.45, 2.75) is 56.7 Å². The maximum atomic E-state index is 14.5. The van der Waals surface area contributed by atoms with E-state index in [2.05, 4.69) is 10.3 Å². The number of halogens is 3. The SMILES string of the molecule is Cc1cccc(N(C(=O)C2CCC(=O)N2c2cc(C#N)ccn2)C(C(=O)NC2CC(F)(F)C2)c2ccccc2Cl)c1. The molecule has 2 unspecified atom stereocenters. The van der Waals surface area contributed by atoms with Crippen LogP contribution >= 0.6 is 11.6 Å². The maximum absolute atomic E-state index is 14.5. The molecule has 0 spiro atoms. The molecule has 2 atom stereocenters. The van der Waals surface area contributed by atoms with Gasteiger partial charge in [-0.2, -0.15) is 5.26 Å². The minimum Gasteiger partial charge on any atom is -0.351 e. The van der Waals surface area contributed by atoms with Gasteiger partial charge in [0.1, 0.15) is 17.9 Å². The molecule has 3 aromatic rings. The molecule has 1 saturated heterocycles. The normalized spacial score (nSPS) is 18.8. The number of nitrogens with zero attached hydrogens (tertiary/aromatic N) is 4. The van der Waals surface area contributed by atoms with Gasteiger partial charge in [-0.3, -0.25) is 24.2 Å². The number of nitriles is 1. The second-order valence-corrected chi connectivity index (χ2v) is 10.7. The molecule has 0 radical (unpaired) electrons. The van der Waals surface area contributed by atoms with Gasteiger partial charge >= 0.3 is 0 Å². The highest BCUT2D eigenvalue weighted by molar-refractivity contribution is 6.31. The number of aryl methyl sites for hydroxylation is 1. The van der Waals surface area contributed by atoms with E-state index >= 15 is 0 Å². The van der Waals surface area contributed by atoms with Crippen LogP contribution in [0.3, 0.4) is 0 Å².